The standard InChI is InChI=1S/C22H19N5O2S/c1-21-15-13-9-6-10-23-17(13)27(2)20(29)22(21,16(15)21)24-18(28)19-26-25-14(30-19)11-12-7-4-3-5-8-12/h3-10,15-16H,11H2,1-2H3,(H,24,28)/t15-,16+,21+,22-/m0/s1. The molecule has 2 amide bonds. The highest BCUT2D eigenvalue weighted by molar-refractivity contribution is 7.13. The van der Waals surface area contributed by atoms with Crippen LogP contribution in [-0.4, -0.2) is 39.6 Å². The van der Waals surface area contributed by atoms with Crippen LogP contribution in [0.4, 0.5) is 5.82 Å². The molecule has 4 aliphatic rings. The Kier molecular flexibility index (Phi) is 3.38. The van der Waals surface area contributed by atoms with E-state index in [1.54, 1.807) is 18.1 Å². The number of hydrogen-bond donors (Lipinski definition) is 1. The summed E-state index contributed by atoms with van der Waals surface area (Å²) in [7, 11) is 1.73. The summed E-state index contributed by atoms with van der Waals surface area (Å²) in [4.78, 5) is 32.4. The van der Waals surface area contributed by atoms with Crippen LogP contribution in [-0.2, 0) is 11.2 Å². The first kappa shape index (κ1) is 17.7. The van der Waals surface area contributed by atoms with E-state index in [9.17, 15) is 9.59 Å². The van der Waals surface area contributed by atoms with Gasteiger partial charge in [-0.05, 0) is 17.2 Å². The molecule has 150 valence electrons. The maximum absolute atomic E-state index is 13.3. The van der Waals surface area contributed by atoms with Crippen LogP contribution < -0.4 is 10.2 Å². The summed E-state index contributed by atoms with van der Waals surface area (Å²) < 4.78 is 0. The van der Waals surface area contributed by atoms with Gasteiger partial charge < -0.3 is 5.32 Å². The van der Waals surface area contributed by atoms with E-state index in [-0.39, 0.29) is 34.1 Å². The average Bonchev–Trinajstić information content (AvgIpc) is 3.45. The number of carbonyl (C=O) groups excluding carboxylic acids is 2. The molecule has 2 aliphatic heterocycles. The molecule has 0 radical (unpaired) electrons. The maximum atomic E-state index is 13.3. The average molecular weight is 417 g/mol. The minimum atomic E-state index is -0.880. The first-order valence-corrected chi connectivity index (χ1v) is 10.7. The molecule has 7 nitrogen and oxygen atoms in total. The first-order chi connectivity index (χ1) is 14.5. The molecule has 0 unspecified atom stereocenters. The highest BCUT2D eigenvalue weighted by atomic mass is 32.1. The lowest BCUT2D eigenvalue weighted by molar-refractivity contribution is -0.123. The van der Waals surface area contributed by atoms with Crippen molar-refractivity contribution < 1.29 is 9.59 Å². The fraction of sp³-hybridized carbons (Fsp3) is 0.318. The van der Waals surface area contributed by atoms with E-state index in [1.807, 2.05) is 42.5 Å². The molecule has 2 aliphatic carbocycles. The summed E-state index contributed by atoms with van der Waals surface area (Å²) in [6, 6.07) is 13.9. The van der Waals surface area contributed by atoms with Gasteiger partial charge in [-0.3, -0.25) is 14.5 Å². The van der Waals surface area contributed by atoms with Crippen LogP contribution in [0.25, 0.3) is 0 Å². The molecule has 30 heavy (non-hydrogen) atoms. The number of anilines is 1. The van der Waals surface area contributed by atoms with Crippen LogP contribution >= 0.6 is 11.3 Å². The van der Waals surface area contributed by atoms with E-state index < -0.39 is 5.54 Å². The third-order valence-electron chi connectivity index (χ3n) is 7.03. The van der Waals surface area contributed by atoms with Crippen molar-refractivity contribution in [3.63, 3.8) is 0 Å². The molecule has 0 spiro atoms. The van der Waals surface area contributed by atoms with Crippen molar-refractivity contribution in [3.8, 4) is 0 Å². The number of pyridine rings is 1. The summed E-state index contributed by atoms with van der Waals surface area (Å²) in [6.07, 6.45) is 2.33. The van der Waals surface area contributed by atoms with Crippen molar-refractivity contribution in [2.75, 3.05) is 11.9 Å². The summed E-state index contributed by atoms with van der Waals surface area (Å²) in [5.41, 5.74) is 1.06. The molecule has 7 rings (SSSR count). The van der Waals surface area contributed by atoms with Crippen LogP contribution in [0.1, 0.15) is 38.8 Å². The van der Waals surface area contributed by atoms with Crippen LogP contribution in [0, 0.1) is 11.3 Å². The topological polar surface area (TPSA) is 88.1 Å². The lowest BCUT2D eigenvalue weighted by Gasteiger charge is -2.28. The zero-order chi connectivity index (χ0) is 20.7. The highest BCUT2D eigenvalue weighted by Gasteiger charge is 2.98. The Morgan fingerprint density at radius 3 is 2.73 bits per heavy atom. The van der Waals surface area contributed by atoms with Crippen LogP contribution in [0.2, 0.25) is 0 Å². The molecule has 2 fully saturated rings. The van der Waals surface area contributed by atoms with E-state index >= 15 is 0 Å². The predicted octanol–water partition coefficient (Wildman–Crippen LogP) is 2.40. The highest BCUT2D eigenvalue weighted by Crippen LogP contribution is 2.91. The van der Waals surface area contributed by atoms with Gasteiger partial charge in [0.05, 0.1) is 0 Å². The fourth-order valence-corrected chi connectivity index (χ4v) is 6.20. The van der Waals surface area contributed by atoms with E-state index in [2.05, 4.69) is 27.4 Å². The van der Waals surface area contributed by atoms with Crippen molar-refractivity contribution >= 4 is 29.0 Å². The molecule has 2 aromatic heterocycles. The predicted molar refractivity (Wildman–Crippen MR) is 111 cm³/mol. The molecule has 8 heteroatoms. The Labute approximate surface area is 177 Å². The molecular formula is C22H19N5O2S. The lowest BCUT2D eigenvalue weighted by Crippen LogP contribution is -2.56. The number of fused-ring (bicyclic) bond motifs is 1. The van der Waals surface area contributed by atoms with E-state index in [0.717, 1.165) is 16.1 Å². The molecule has 1 aromatic carbocycles. The van der Waals surface area contributed by atoms with E-state index in [0.29, 0.717) is 12.2 Å². The third kappa shape index (κ3) is 2.06. The number of aromatic nitrogens is 3. The molecule has 2 saturated carbocycles. The Hall–Kier alpha value is -3.13. The first-order valence-electron chi connectivity index (χ1n) is 9.90. The number of hydrogen-bond acceptors (Lipinski definition) is 6. The monoisotopic (exact) mass is 417 g/mol. The van der Waals surface area contributed by atoms with Crippen molar-refractivity contribution in [2.24, 2.45) is 11.3 Å². The number of rotatable bonds is 4. The van der Waals surface area contributed by atoms with Gasteiger partial charge in [0.1, 0.15) is 16.4 Å². The number of amides is 2. The van der Waals surface area contributed by atoms with Gasteiger partial charge in [0.2, 0.25) is 5.01 Å². The second-order valence-electron chi connectivity index (χ2n) is 8.44. The van der Waals surface area contributed by atoms with Gasteiger partial charge in [0.25, 0.3) is 11.8 Å². The number of benzene rings is 1. The molecule has 1 N–H and O–H groups in total. The largest absolute Gasteiger partial charge is 0.335 e. The Bertz CT molecular complexity index is 1210. The van der Waals surface area contributed by atoms with Crippen molar-refractivity contribution in [2.45, 2.75) is 24.8 Å². The normalized spacial score (nSPS) is 30.2. The van der Waals surface area contributed by atoms with Gasteiger partial charge in [-0.2, -0.15) is 0 Å². The molecule has 4 heterocycles. The Morgan fingerprint density at radius 1 is 1.20 bits per heavy atom. The van der Waals surface area contributed by atoms with Gasteiger partial charge in [0.15, 0.2) is 0 Å². The Morgan fingerprint density at radius 2 is 1.97 bits per heavy atom. The van der Waals surface area contributed by atoms with Crippen molar-refractivity contribution in [1.29, 1.82) is 0 Å². The van der Waals surface area contributed by atoms with E-state index in [4.69, 9.17) is 0 Å². The van der Waals surface area contributed by atoms with Gasteiger partial charge in [-0.1, -0.05) is 54.7 Å². The quantitative estimate of drug-likeness (QED) is 0.704. The number of nitrogens with one attached hydrogen (secondary N) is 1. The molecule has 0 saturated heterocycles. The minimum Gasteiger partial charge on any atom is -0.335 e. The second-order valence-corrected chi connectivity index (χ2v) is 9.51. The summed E-state index contributed by atoms with van der Waals surface area (Å²) in [5.74, 6) is 0.603. The molecule has 2 bridgehead atoms. The number of nitrogens with zero attached hydrogens (tertiary/aromatic N) is 4. The fourth-order valence-electron chi connectivity index (χ4n) is 5.43. The van der Waals surface area contributed by atoms with Crippen molar-refractivity contribution in [1.82, 2.24) is 20.5 Å². The second kappa shape index (κ2) is 5.72. The van der Waals surface area contributed by atoms with Crippen LogP contribution in [0.5, 0.6) is 0 Å². The summed E-state index contributed by atoms with van der Waals surface area (Å²) >= 11 is 1.27. The van der Waals surface area contributed by atoms with Crippen molar-refractivity contribution in [3.05, 3.63) is 69.8 Å². The van der Waals surface area contributed by atoms with Gasteiger partial charge >= 0.3 is 0 Å². The SMILES string of the molecule is CN1C(=O)[C@@]2(NC(=O)c3nnc(Cc4ccccc4)s3)[C@@H]3[C@H](c4cccnc41)[C@]32C. The molecule has 3 aromatic rings. The van der Waals surface area contributed by atoms with Crippen LogP contribution in [0.15, 0.2) is 48.7 Å². The lowest BCUT2D eigenvalue weighted by atomic mass is 9.86. The maximum Gasteiger partial charge on any atom is 0.283 e. The zero-order valence-corrected chi connectivity index (χ0v) is 17.3. The number of carbonyl (C=O) groups is 2. The van der Waals surface area contributed by atoms with Gasteiger partial charge in [0, 0.05) is 36.9 Å². The van der Waals surface area contributed by atoms with Gasteiger partial charge in [-0.15, -0.1) is 10.2 Å². The third-order valence-corrected chi connectivity index (χ3v) is 7.95. The van der Waals surface area contributed by atoms with Crippen LogP contribution in [0.3, 0.4) is 0 Å². The minimum absolute atomic E-state index is 0.103. The number of likely N-dealkylation sites (N-methyl/N-ethyl adjacent to an activating group) is 1. The van der Waals surface area contributed by atoms with Gasteiger partial charge in [-0.25, -0.2) is 4.98 Å². The zero-order valence-electron chi connectivity index (χ0n) is 16.5. The molecule has 4 atom stereocenters. The Balaban J connectivity index is 1.25. The van der Waals surface area contributed by atoms with E-state index in [1.165, 1.54) is 11.3 Å². The summed E-state index contributed by atoms with van der Waals surface area (Å²) in [6.45, 7) is 2.08. The summed E-state index contributed by atoms with van der Waals surface area (Å²) in [5, 5.41) is 12.4. The smallest absolute Gasteiger partial charge is 0.283 e. The molecular weight excluding hydrogens is 398 g/mol.